The van der Waals surface area contributed by atoms with Crippen molar-refractivity contribution in [3.8, 4) is 0 Å². The molecular formula is C20H20ClNO3. The fourth-order valence-corrected chi connectivity index (χ4v) is 3.14. The third kappa shape index (κ3) is 4.40. The molecule has 0 heterocycles. The number of amides is 1. The standard InChI is InChI=1S/C20H20ClNO3/c1-13(19(23)22-18-8-4-7-17(21)12-18)25-20(24)16-10-9-14-5-2-3-6-15(14)11-16/h4,7-13H,2-3,5-6H2,1H3,(H,22,23)/t13-/m0/s1. The first kappa shape index (κ1) is 17.5. The maximum atomic E-state index is 12.3. The average molecular weight is 358 g/mol. The fraction of sp³-hybridized carbons (Fsp3) is 0.300. The van der Waals surface area contributed by atoms with Crippen LogP contribution >= 0.6 is 11.6 Å². The lowest BCUT2D eigenvalue weighted by Crippen LogP contribution is -2.30. The van der Waals surface area contributed by atoms with Crippen molar-refractivity contribution in [2.75, 3.05) is 5.32 Å². The minimum absolute atomic E-state index is 0.395. The normalized spacial score (nSPS) is 14.3. The van der Waals surface area contributed by atoms with Gasteiger partial charge in [0, 0.05) is 10.7 Å². The molecule has 25 heavy (non-hydrogen) atoms. The Morgan fingerprint density at radius 1 is 1.08 bits per heavy atom. The van der Waals surface area contributed by atoms with E-state index in [0.717, 1.165) is 19.3 Å². The molecule has 0 saturated heterocycles. The van der Waals surface area contributed by atoms with E-state index in [2.05, 4.69) is 5.32 Å². The van der Waals surface area contributed by atoms with Gasteiger partial charge in [0.1, 0.15) is 0 Å². The number of hydrogen-bond donors (Lipinski definition) is 1. The summed E-state index contributed by atoms with van der Waals surface area (Å²) in [6, 6.07) is 12.5. The topological polar surface area (TPSA) is 55.4 Å². The number of benzene rings is 2. The van der Waals surface area contributed by atoms with Crippen LogP contribution in [0.1, 0.15) is 41.3 Å². The zero-order chi connectivity index (χ0) is 17.8. The monoisotopic (exact) mass is 357 g/mol. The third-order valence-electron chi connectivity index (χ3n) is 4.33. The van der Waals surface area contributed by atoms with Crippen molar-refractivity contribution in [3.05, 3.63) is 64.2 Å². The molecule has 0 aromatic heterocycles. The van der Waals surface area contributed by atoms with E-state index in [1.54, 1.807) is 37.3 Å². The summed E-state index contributed by atoms with van der Waals surface area (Å²) in [7, 11) is 0. The minimum Gasteiger partial charge on any atom is -0.449 e. The van der Waals surface area contributed by atoms with E-state index < -0.39 is 18.0 Å². The Balaban J connectivity index is 1.62. The Bertz CT molecular complexity index is 803. The number of halogens is 1. The van der Waals surface area contributed by atoms with Gasteiger partial charge in [-0.2, -0.15) is 0 Å². The average Bonchev–Trinajstić information content (AvgIpc) is 2.61. The Morgan fingerprint density at radius 2 is 1.84 bits per heavy atom. The number of rotatable bonds is 4. The first-order valence-corrected chi connectivity index (χ1v) is 8.80. The molecule has 0 bridgehead atoms. The lowest BCUT2D eigenvalue weighted by atomic mass is 9.90. The van der Waals surface area contributed by atoms with Crippen LogP contribution in [0.4, 0.5) is 5.69 Å². The Hall–Kier alpha value is -2.33. The van der Waals surface area contributed by atoms with Crippen molar-refractivity contribution in [2.45, 2.75) is 38.7 Å². The minimum atomic E-state index is -0.900. The summed E-state index contributed by atoms with van der Waals surface area (Å²) in [5, 5.41) is 3.21. The second-order valence-electron chi connectivity index (χ2n) is 6.24. The van der Waals surface area contributed by atoms with E-state index in [0.29, 0.717) is 16.3 Å². The lowest BCUT2D eigenvalue weighted by molar-refractivity contribution is -0.123. The summed E-state index contributed by atoms with van der Waals surface area (Å²) in [5.74, 6) is -0.879. The Kier molecular flexibility index (Phi) is 5.39. The van der Waals surface area contributed by atoms with Gasteiger partial charge in [0.2, 0.25) is 0 Å². The van der Waals surface area contributed by atoms with Crippen molar-refractivity contribution in [3.63, 3.8) is 0 Å². The highest BCUT2D eigenvalue weighted by molar-refractivity contribution is 6.30. The number of nitrogens with one attached hydrogen (secondary N) is 1. The summed E-state index contributed by atoms with van der Waals surface area (Å²) >= 11 is 5.89. The zero-order valence-electron chi connectivity index (χ0n) is 14.0. The number of carbonyl (C=O) groups is 2. The highest BCUT2D eigenvalue weighted by atomic mass is 35.5. The number of aryl methyl sites for hydroxylation is 2. The van der Waals surface area contributed by atoms with Gasteiger partial charge in [0.15, 0.2) is 6.10 Å². The molecule has 5 heteroatoms. The van der Waals surface area contributed by atoms with Crippen LogP contribution in [-0.4, -0.2) is 18.0 Å². The van der Waals surface area contributed by atoms with Crippen LogP contribution in [0.2, 0.25) is 5.02 Å². The molecule has 0 radical (unpaired) electrons. The molecule has 1 amide bonds. The van der Waals surface area contributed by atoms with E-state index in [1.807, 2.05) is 12.1 Å². The molecule has 1 N–H and O–H groups in total. The van der Waals surface area contributed by atoms with Crippen LogP contribution < -0.4 is 5.32 Å². The fourth-order valence-electron chi connectivity index (χ4n) is 2.95. The van der Waals surface area contributed by atoms with E-state index in [-0.39, 0.29) is 0 Å². The SMILES string of the molecule is C[C@H](OC(=O)c1ccc2c(c1)CCCC2)C(=O)Nc1cccc(Cl)c1. The molecule has 2 aromatic carbocycles. The predicted molar refractivity (Wildman–Crippen MR) is 98.0 cm³/mol. The molecule has 0 fully saturated rings. The predicted octanol–water partition coefficient (Wildman–Crippen LogP) is 4.40. The second kappa shape index (κ2) is 7.70. The van der Waals surface area contributed by atoms with E-state index in [4.69, 9.17) is 16.3 Å². The van der Waals surface area contributed by atoms with Gasteiger partial charge in [0.05, 0.1) is 5.56 Å². The number of ether oxygens (including phenoxy) is 1. The second-order valence-corrected chi connectivity index (χ2v) is 6.67. The Morgan fingerprint density at radius 3 is 2.60 bits per heavy atom. The van der Waals surface area contributed by atoms with Gasteiger partial charge < -0.3 is 10.1 Å². The van der Waals surface area contributed by atoms with Gasteiger partial charge >= 0.3 is 5.97 Å². The number of fused-ring (bicyclic) bond motifs is 1. The molecular weight excluding hydrogens is 338 g/mol. The molecule has 0 unspecified atom stereocenters. The van der Waals surface area contributed by atoms with Gasteiger partial charge in [-0.3, -0.25) is 4.79 Å². The highest BCUT2D eigenvalue weighted by Gasteiger charge is 2.20. The lowest BCUT2D eigenvalue weighted by Gasteiger charge is -2.17. The zero-order valence-corrected chi connectivity index (χ0v) is 14.8. The first-order valence-electron chi connectivity index (χ1n) is 8.42. The van der Waals surface area contributed by atoms with Gasteiger partial charge in [-0.1, -0.05) is 23.7 Å². The summed E-state index contributed by atoms with van der Waals surface area (Å²) in [5.41, 5.74) is 3.56. The van der Waals surface area contributed by atoms with Crippen LogP contribution in [0, 0.1) is 0 Å². The van der Waals surface area contributed by atoms with E-state index >= 15 is 0 Å². The van der Waals surface area contributed by atoms with Crippen molar-refractivity contribution in [1.82, 2.24) is 0 Å². The van der Waals surface area contributed by atoms with Crippen molar-refractivity contribution < 1.29 is 14.3 Å². The summed E-state index contributed by atoms with van der Waals surface area (Å²) < 4.78 is 5.31. The molecule has 0 saturated carbocycles. The molecule has 130 valence electrons. The molecule has 2 aromatic rings. The molecule has 0 aliphatic heterocycles. The number of hydrogen-bond acceptors (Lipinski definition) is 3. The molecule has 1 atom stereocenters. The number of carbonyl (C=O) groups excluding carboxylic acids is 2. The van der Waals surface area contributed by atoms with Gasteiger partial charge in [0.25, 0.3) is 5.91 Å². The molecule has 0 spiro atoms. The molecule has 4 nitrogen and oxygen atoms in total. The van der Waals surface area contributed by atoms with Gasteiger partial charge in [-0.15, -0.1) is 0 Å². The first-order chi connectivity index (χ1) is 12.0. The van der Waals surface area contributed by atoms with Crippen LogP contribution in [0.25, 0.3) is 0 Å². The molecule has 1 aliphatic carbocycles. The van der Waals surface area contributed by atoms with Crippen LogP contribution in [-0.2, 0) is 22.4 Å². The van der Waals surface area contributed by atoms with Crippen molar-refractivity contribution >= 4 is 29.2 Å². The maximum Gasteiger partial charge on any atom is 0.338 e. The molecule has 3 rings (SSSR count). The third-order valence-corrected chi connectivity index (χ3v) is 4.56. The van der Waals surface area contributed by atoms with Crippen molar-refractivity contribution in [2.24, 2.45) is 0 Å². The number of esters is 1. The smallest absolute Gasteiger partial charge is 0.338 e. The van der Waals surface area contributed by atoms with Crippen molar-refractivity contribution in [1.29, 1.82) is 0 Å². The van der Waals surface area contributed by atoms with Crippen LogP contribution in [0.15, 0.2) is 42.5 Å². The number of anilines is 1. The van der Waals surface area contributed by atoms with Crippen LogP contribution in [0.3, 0.4) is 0 Å². The van der Waals surface area contributed by atoms with E-state index in [1.165, 1.54) is 17.5 Å². The largest absolute Gasteiger partial charge is 0.449 e. The summed E-state index contributed by atoms with van der Waals surface area (Å²) in [6.45, 7) is 1.55. The highest BCUT2D eigenvalue weighted by Crippen LogP contribution is 2.23. The van der Waals surface area contributed by atoms with Gasteiger partial charge in [-0.05, 0) is 74.1 Å². The maximum absolute atomic E-state index is 12.3. The summed E-state index contributed by atoms with van der Waals surface area (Å²) in [6.07, 6.45) is 3.48. The van der Waals surface area contributed by atoms with E-state index in [9.17, 15) is 9.59 Å². The van der Waals surface area contributed by atoms with Crippen LogP contribution in [0.5, 0.6) is 0 Å². The van der Waals surface area contributed by atoms with Gasteiger partial charge in [-0.25, -0.2) is 4.79 Å². The Labute approximate surface area is 152 Å². The molecule has 1 aliphatic rings. The quantitative estimate of drug-likeness (QED) is 0.825. The summed E-state index contributed by atoms with van der Waals surface area (Å²) in [4.78, 5) is 24.5.